The van der Waals surface area contributed by atoms with Gasteiger partial charge in [0.15, 0.2) is 0 Å². The minimum atomic E-state index is -0.690. The van der Waals surface area contributed by atoms with Crippen LogP contribution in [-0.2, 0) is 35.1 Å². The van der Waals surface area contributed by atoms with E-state index in [0.29, 0.717) is 0 Å². The Bertz CT molecular complexity index is 814. The van der Waals surface area contributed by atoms with Gasteiger partial charge in [0.05, 0.1) is 19.3 Å². The number of fused-ring (bicyclic) bond motifs is 1. The number of carbonyl (C=O) groups excluding carboxylic acids is 3. The highest BCUT2D eigenvalue weighted by Crippen LogP contribution is 2.29. The summed E-state index contributed by atoms with van der Waals surface area (Å²) in [5.74, 6) is -0.432. The third kappa shape index (κ3) is 7.88. The second-order valence-corrected chi connectivity index (χ2v) is 8.71. The lowest BCUT2D eigenvalue weighted by atomic mass is 10.1. The molecule has 0 aliphatic carbocycles. The molecule has 0 spiro atoms. The van der Waals surface area contributed by atoms with Crippen molar-refractivity contribution < 1.29 is 38.1 Å². The standard InChI is InChI=1S/C22H31N3O8/c1-22(2,3)33-21(28)25-15-11-29-19-16(12-30-18(15)19)32-13-24-17(26)9-23-20(27)31-10-14-7-5-4-6-8-14/h4-8,15-16,18-19H,9-13H2,1-3H3,(H,23,27)(H,24,26)(H,25,28)/t15-,16+,18+,19+/m0/s1. The molecule has 3 N–H and O–H groups in total. The molecule has 2 aliphatic heterocycles. The second kappa shape index (κ2) is 11.3. The van der Waals surface area contributed by atoms with Gasteiger partial charge in [-0.1, -0.05) is 30.3 Å². The predicted octanol–water partition coefficient (Wildman–Crippen LogP) is 1.06. The minimum absolute atomic E-state index is 0.0790. The van der Waals surface area contributed by atoms with Crippen molar-refractivity contribution in [3.8, 4) is 0 Å². The minimum Gasteiger partial charge on any atom is -0.445 e. The van der Waals surface area contributed by atoms with Gasteiger partial charge in [0.2, 0.25) is 5.91 Å². The molecule has 4 atom stereocenters. The fourth-order valence-electron chi connectivity index (χ4n) is 3.41. The number of ether oxygens (including phenoxy) is 5. The second-order valence-electron chi connectivity index (χ2n) is 8.71. The Balaban J connectivity index is 1.30. The van der Waals surface area contributed by atoms with Crippen molar-refractivity contribution in [2.45, 2.75) is 57.3 Å². The van der Waals surface area contributed by atoms with Crippen molar-refractivity contribution in [2.75, 3.05) is 26.5 Å². The Morgan fingerprint density at radius 1 is 1.00 bits per heavy atom. The van der Waals surface area contributed by atoms with Crippen LogP contribution >= 0.6 is 0 Å². The molecule has 11 nitrogen and oxygen atoms in total. The van der Waals surface area contributed by atoms with E-state index >= 15 is 0 Å². The zero-order valence-electron chi connectivity index (χ0n) is 19.0. The van der Waals surface area contributed by atoms with E-state index in [1.165, 1.54) is 0 Å². The van der Waals surface area contributed by atoms with E-state index in [1.54, 1.807) is 20.8 Å². The molecule has 2 aliphatic rings. The smallest absolute Gasteiger partial charge is 0.408 e. The molecular formula is C22H31N3O8. The van der Waals surface area contributed by atoms with E-state index in [-0.39, 0.29) is 51.3 Å². The average Bonchev–Trinajstić information content (AvgIpc) is 3.33. The van der Waals surface area contributed by atoms with Crippen molar-refractivity contribution in [1.82, 2.24) is 16.0 Å². The van der Waals surface area contributed by atoms with Gasteiger partial charge in [0.25, 0.3) is 0 Å². The maximum atomic E-state index is 12.0. The van der Waals surface area contributed by atoms with Gasteiger partial charge in [-0.05, 0) is 26.3 Å². The van der Waals surface area contributed by atoms with E-state index < -0.39 is 29.8 Å². The third-order valence-electron chi connectivity index (χ3n) is 4.88. The first-order valence-corrected chi connectivity index (χ1v) is 10.8. The van der Waals surface area contributed by atoms with E-state index in [1.807, 2.05) is 30.3 Å². The topological polar surface area (TPSA) is 133 Å². The summed E-state index contributed by atoms with van der Waals surface area (Å²) in [6.07, 6.45) is -2.35. The molecule has 11 heteroatoms. The summed E-state index contributed by atoms with van der Waals surface area (Å²) in [7, 11) is 0. The Morgan fingerprint density at radius 3 is 2.45 bits per heavy atom. The Labute approximate surface area is 192 Å². The van der Waals surface area contributed by atoms with Crippen LogP contribution in [0.15, 0.2) is 30.3 Å². The zero-order valence-corrected chi connectivity index (χ0v) is 19.0. The number of carbonyl (C=O) groups is 3. The molecule has 0 saturated carbocycles. The molecule has 3 rings (SSSR count). The van der Waals surface area contributed by atoms with Gasteiger partial charge in [-0.3, -0.25) is 4.79 Å². The summed E-state index contributed by atoms with van der Waals surface area (Å²) in [5.41, 5.74) is 0.247. The maximum absolute atomic E-state index is 12.0. The van der Waals surface area contributed by atoms with Gasteiger partial charge in [0.1, 0.15) is 43.8 Å². The highest BCUT2D eigenvalue weighted by atomic mass is 16.6. The summed E-state index contributed by atoms with van der Waals surface area (Å²) in [5, 5.41) is 7.69. The molecular weight excluding hydrogens is 434 g/mol. The number of hydrogen-bond donors (Lipinski definition) is 3. The van der Waals surface area contributed by atoms with Crippen molar-refractivity contribution in [1.29, 1.82) is 0 Å². The van der Waals surface area contributed by atoms with E-state index in [4.69, 9.17) is 23.7 Å². The van der Waals surface area contributed by atoms with Crippen LogP contribution in [0.25, 0.3) is 0 Å². The molecule has 2 fully saturated rings. The molecule has 33 heavy (non-hydrogen) atoms. The average molecular weight is 466 g/mol. The van der Waals surface area contributed by atoms with Crippen LogP contribution in [0.3, 0.4) is 0 Å². The van der Waals surface area contributed by atoms with Crippen LogP contribution in [0, 0.1) is 0 Å². The summed E-state index contributed by atoms with van der Waals surface area (Å²) >= 11 is 0. The van der Waals surface area contributed by atoms with Crippen LogP contribution in [0.2, 0.25) is 0 Å². The van der Waals surface area contributed by atoms with Crippen LogP contribution in [0.5, 0.6) is 0 Å². The van der Waals surface area contributed by atoms with Crippen LogP contribution < -0.4 is 16.0 Å². The van der Waals surface area contributed by atoms with Gasteiger partial charge >= 0.3 is 12.2 Å². The van der Waals surface area contributed by atoms with Crippen LogP contribution in [0.4, 0.5) is 9.59 Å². The number of amides is 3. The monoisotopic (exact) mass is 465 g/mol. The molecule has 1 aromatic rings. The summed E-state index contributed by atoms with van der Waals surface area (Å²) in [6.45, 7) is 5.69. The molecule has 0 radical (unpaired) electrons. The van der Waals surface area contributed by atoms with Gasteiger partial charge in [-0.25, -0.2) is 9.59 Å². The van der Waals surface area contributed by atoms with Crippen molar-refractivity contribution in [2.24, 2.45) is 0 Å². The van der Waals surface area contributed by atoms with Gasteiger partial charge in [0, 0.05) is 0 Å². The fraction of sp³-hybridized carbons (Fsp3) is 0.591. The van der Waals surface area contributed by atoms with Gasteiger partial charge in [-0.15, -0.1) is 0 Å². The van der Waals surface area contributed by atoms with Crippen molar-refractivity contribution in [3.05, 3.63) is 35.9 Å². The molecule has 0 unspecified atom stereocenters. The highest BCUT2D eigenvalue weighted by molar-refractivity contribution is 5.81. The van der Waals surface area contributed by atoms with E-state index in [2.05, 4.69) is 16.0 Å². The first kappa shape index (κ1) is 24.7. The number of hydrogen-bond acceptors (Lipinski definition) is 8. The first-order valence-electron chi connectivity index (χ1n) is 10.8. The quantitative estimate of drug-likeness (QED) is 0.486. The van der Waals surface area contributed by atoms with Gasteiger partial charge in [-0.2, -0.15) is 0 Å². The van der Waals surface area contributed by atoms with Gasteiger partial charge < -0.3 is 39.6 Å². The summed E-state index contributed by atoms with van der Waals surface area (Å²) < 4.78 is 27.4. The molecule has 1 aromatic carbocycles. The molecule has 2 saturated heterocycles. The summed E-state index contributed by atoms with van der Waals surface area (Å²) in [4.78, 5) is 35.6. The lowest BCUT2D eigenvalue weighted by Crippen LogP contribution is -2.46. The van der Waals surface area contributed by atoms with Crippen molar-refractivity contribution >= 4 is 18.1 Å². The Morgan fingerprint density at radius 2 is 1.73 bits per heavy atom. The Hall–Kier alpha value is -2.89. The van der Waals surface area contributed by atoms with E-state index in [9.17, 15) is 14.4 Å². The number of rotatable bonds is 8. The van der Waals surface area contributed by atoms with Crippen LogP contribution in [-0.4, -0.2) is 74.5 Å². The highest BCUT2D eigenvalue weighted by Gasteiger charge is 2.49. The van der Waals surface area contributed by atoms with Crippen molar-refractivity contribution in [3.63, 3.8) is 0 Å². The molecule has 0 aromatic heterocycles. The number of nitrogens with one attached hydrogen (secondary N) is 3. The lowest BCUT2D eigenvalue weighted by molar-refractivity contribution is -0.123. The lowest BCUT2D eigenvalue weighted by Gasteiger charge is -2.23. The molecule has 0 bridgehead atoms. The van der Waals surface area contributed by atoms with Crippen LogP contribution in [0.1, 0.15) is 26.3 Å². The molecule has 182 valence electrons. The number of benzene rings is 1. The first-order chi connectivity index (χ1) is 15.7. The molecule has 2 heterocycles. The maximum Gasteiger partial charge on any atom is 0.408 e. The fourth-order valence-corrected chi connectivity index (χ4v) is 3.41. The van der Waals surface area contributed by atoms with E-state index in [0.717, 1.165) is 5.56 Å². The number of alkyl carbamates (subject to hydrolysis) is 2. The zero-order chi connectivity index (χ0) is 23.8. The summed E-state index contributed by atoms with van der Waals surface area (Å²) in [6, 6.07) is 8.87. The largest absolute Gasteiger partial charge is 0.445 e. The SMILES string of the molecule is CC(C)(C)OC(=O)N[C@H]1CO[C@H]2[C@@H]1OC[C@H]2OCNC(=O)CNC(=O)OCc1ccccc1. The molecule has 3 amide bonds. The predicted molar refractivity (Wildman–Crippen MR) is 115 cm³/mol. The normalized spacial score (nSPS) is 24.0. The Kier molecular flexibility index (Phi) is 8.48. The third-order valence-corrected chi connectivity index (χ3v) is 4.88.